The fourth-order valence-corrected chi connectivity index (χ4v) is 5.86. The summed E-state index contributed by atoms with van der Waals surface area (Å²) in [7, 11) is 3.29. The fourth-order valence-electron chi connectivity index (χ4n) is 4.93. The second kappa shape index (κ2) is 10.6. The van der Waals surface area contributed by atoms with Crippen LogP contribution in [0.2, 0.25) is 0 Å². The lowest BCUT2D eigenvalue weighted by Gasteiger charge is -2.25. The van der Waals surface area contributed by atoms with Crippen LogP contribution < -0.4 is 15.2 Å². The molecule has 0 unspecified atom stereocenters. The van der Waals surface area contributed by atoms with Gasteiger partial charge in [0.2, 0.25) is 0 Å². The number of aromatic amines is 1. The van der Waals surface area contributed by atoms with Gasteiger partial charge in [-0.2, -0.15) is 0 Å². The molecule has 1 aliphatic rings. The van der Waals surface area contributed by atoms with Gasteiger partial charge in [-0.15, -0.1) is 10.2 Å². The van der Waals surface area contributed by atoms with E-state index in [1.165, 1.54) is 19.3 Å². The summed E-state index contributed by atoms with van der Waals surface area (Å²) in [4.78, 5) is 15.3. The number of fused-ring (bicyclic) bond motifs is 1. The van der Waals surface area contributed by atoms with Gasteiger partial charge in [-0.3, -0.25) is 9.13 Å². The number of nitrogens with one attached hydrogen (secondary N) is 1. The molecule has 5 rings (SSSR count). The van der Waals surface area contributed by atoms with Crippen LogP contribution in [0.3, 0.4) is 0 Å². The van der Waals surface area contributed by atoms with Crippen LogP contribution in [0.5, 0.6) is 11.5 Å². The number of methoxy groups -OCH3 is 2. The molecule has 1 N–H and O–H groups in total. The van der Waals surface area contributed by atoms with Crippen molar-refractivity contribution >= 4 is 22.8 Å². The van der Waals surface area contributed by atoms with E-state index in [9.17, 15) is 4.79 Å². The molecule has 8 nitrogen and oxygen atoms in total. The maximum Gasteiger partial charge on any atom is 0.326 e. The molecule has 0 aliphatic heterocycles. The number of H-pyrrole nitrogens is 1. The van der Waals surface area contributed by atoms with Crippen molar-refractivity contribution < 1.29 is 9.47 Å². The number of benzene rings is 2. The Hall–Kier alpha value is -3.20. The molecule has 1 aliphatic carbocycles. The molecule has 184 valence electrons. The van der Waals surface area contributed by atoms with Gasteiger partial charge in [0, 0.05) is 23.9 Å². The Bertz CT molecular complexity index is 1350. The highest BCUT2D eigenvalue weighted by Gasteiger charge is 2.24. The highest BCUT2D eigenvalue weighted by molar-refractivity contribution is 7.99. The van der Waals surface area contributed by atoms with Crippen molar-refractivity contribution in [2.75, 3.05) is 20.0 Å². The van der Waals surface area contributed by atoms with Gasteiger partial charge < -0.3 is 14.5 Å². The van der Waals surface area contributed by atoms with Crippen molar-refractivity contribution in [1.29, 1.82) is 0 Å². The number of thioether (sulfide) groups is 1. The highest BCUT2D eigenvalue weighted by atomic mass is 32.2. The van der Waals surface area contributed by atoms with Crippen LogP contribution in [0.15, 0.2) is 52.4 Å². The minimum atomic E-state index is -0.0580. The predicted molar refractivity (Wildman–Crippen MR) is 139 cm³/mol. The second-order valence-electron chi connectivity index (χ2n) is 8.84. The molecule has 2 aromatic heterocycles. The first kappa shape index (κ1) is 23.5. The number of imidazole rings is 1. The standard InChI is InChI=1S/C26H31N5O3S/c1-33-22-14-13-18(17-23(22)34-2)24-28-29-26(31(24)19-9-4-3-5-10-19)35-16-8-15-30-21-12-7-6-11-20(21)27-25(30)32/h6-7,11-14,17,19H,3-5,8-10,15-16H2,1-2H3,(H,27,32). The van der Waals surface area contributed by atoms with E-state index in [0.717, 1.165) is 52.6 Å². The number of nitrogens with zero attached hydrogens (tertiary/aromatic N) is 4. The highest BCUT2D eigenvalue weighted by Crippen LogP contribution is 2.38. The van der Waals surface area contributed by atoms with Gasteiger partial charge in [0.1, 0.15) is 0 Å². The van der Waals surface area contributed by atoms with Gasteiger partial charge in [-0.25, -0.2) is 4.79 Å². The van der Waals surface area contributed by atoms with Crippen molar-refractivity contribution in [2.24, 2.45) is 0 Å². The summed E-state index contributed by atoms with van der Waals surface area (Å²) in [6, 6.07) is 14.1. The van der Waals surface area contributed by atoms with E-state index in [2.05, 4.69) is 19.7 Å². The Morgan fingerprint density at radius 2 is 1.83 bits per heavy atom. The summed E-state index contributed by atoms with van der Waals surface area (Å²) in [5.74, 6) is 3.10. The third-order valence-electron chi connectivity index (χ3n) is 6.68. The van der Waals surface area contributed by atoms with Gasteiger partial charge in [0.25, 0.3) is 0 Å². The molecule has 0 atom stereocenters. The summed E-state index contributed by atoms with van der Waals surface area (Å²) in [5, 5.41) is 10.1. The molecule has 1 saturated carbocycles. The predicted octanol–water partition coefficient (Wildman–Crippen LogP) is 5.29. The number of rotatable bonds is 9. The zero-order valence-corrected chi connectivity index (χ0v) is 21.0. The van der Waals surface area contributed by atoms with Crippen LogP contribution in [0, 0.1) is 0 Å². The average Bonchev–Trinajstić information content (AvgIpc) is 3.47. The monoisotopic (exact) mass is 493 g/mol. The number of aromatic nitrogens is 5. The van der Waals surface area contributed by atoms with Gasteiger partial charge in [0.15, 0.2) is 22.5 Å². The topological polar surface area (TPSA) is 87.0 Å². The first-order valence-electron chi connectivity index (χ1n) is 12.2. The number of ether oxygens (including phenoxy) is 2. The van der Waals surface area contributed by atoms with Gasteiger partial charge >= 0.3 is 5.69 Å². The second-order valence-corrected chi connectivity index (χ2v) is 9.90. The number of para-hydroxylation sites is 2. The smallest absolute Gasteiger partial charge is 0.326 e. The molecule has 0 saturated heterocycles. The molecule has 2 heterocycles. The first-order valence-corrected chi connectivity index (χ1v) is 13.2. The lowest BCUT2D eigenvalue weighted by atomic mass is 9.95. The van der Waals surface area contributed by atoms with E-state index in [1.54, 1.807) is 26.0 Å². The van der Waals surface area contributed by atoms with Crippen LogP contribution >= 0.6 is 11.8 Å². The Kier molecular flexibility index (Phi) is 7.13. The summed E-state index contributed by atoms with van der Waals surface area (Å²) in [5.41, 5.74) is 2.74. The van der Waals surface area contributed by atoms with Crippen LogP contribution in [0.4, 0.5) is 0 Å². The number of aryl methyl sites for hydroxylation is 1. The Morgan fingerprint density at radius 3 is 2.63 bits per heavy atom. The van der Waals surface area contributed by atoms with Crippen LogP contribution in [0.1, 0.15) is 44.6 Å². The lowest BCUT2D eigenvalue weighted by Crippen LogP contribution is -2.17. The normalized spacial score (nSPS) is 14.5. The maximum absolute atomic E-state index is 12.4. The Labute approximate surface area is 208 Å². The van der Waals surface area contributed by atoms with Crippen LogP contribution in [0.25, 0.3) is 22.4 Å². The fraction of sp³-hybridized carbons (Fsp3) is 0.423. The molecular formula is C26H31N5O3S. The SMILES string of the molecule is COc1ccc(-c2nnc(SCCCn3c(=O)[nH]c4ccccc43)n2C2CCCCC2)cc1OC. The van der Waals surface area contributed by atoms with Gasteiger partial charge in [-0.1, -0.05) is 43.2 Å². The van der Waals surface area contributed by atoms with Crippen molar-refractivity contribution in [1.82, 2.24) is 24.3 Å². The zero-order chi connectivity index (χ0) is 24.2. The van der Waals surface area contributed by atoms with E-state index in [-0.39, 0.29) is 5.69 Å². The molecule has 2 aromatic carbocycles. The van der Waals surface area contributed by atoms with E-state index < -0.39 is 0 Å². The van der Waals surface area contributed by atoms with E-state index in [4.69, 9.17) is 9.47 Å². The average molecular weight is 494 g/mol. The third kappa shape index (κ3) is 4.82. The van der Waals surface area contributed by atoms with Crippen molar-refractivity contribution in [3.63, 3.8) is 0 Å². The molecule has 0 amide bonds. The molecule has 0 bridgehead atoms. The summed E-state index contributed by atoms with van der Waals surface area (Å²) >= 11 is 1.71. The van der Waals surface area contributed by atoms with E-state index >= 15 is 0 Å². The third-order valence-corrected chi connectivity index (χ3v) is 7.71. The maximum atomic E-state index is 12.4. The van der Waals surface area contributed by atoms with Crippen molar-refractivity contribution in [3.05, 3.63) is 52.9 Å². The van der Waals surface area contributed by atoms with Gasteiger partial charge in [-0.05, 0) is 49.6 Å². The Balaban J connectivity index is 1.36. The molecule has 9 heteroatoms. The van der Waals surface area contributed by atoms with Crippen LogP contribution in [-0.2, 0) is 6.54 Å². The lowest BCUT2D eigenvalue weighted by molar-refractivity contribution is 0.339. The summed E-state index contributed by atoms with van der Waals surface area (Å²) in [6.07, 6.45) is 6.86. The quantitative estimate of drug-likeness (QED) is 0.252. The number of hydrogen-bond acceptors (Lipinski definition) is 6. The molecule has 35 heavy (non-hydrogen) atoms. The first-order chi connectivity index (χ1) is 17.2. The van der Waals surface area contributed by atoms with Crippen LogP contribution in [-0.4, -0.2) is 44.3 Å². The minimum Gasteiger partial charge on any atom is -0.493 e. The van der Waals surface area contributed by atoms with E-state index in [0.29, 0.717) is 24.1 Å². The van der Waals surface area contributed by atoms with Gasteiger partial charge in [0.05, 0.1) is 25.3 Å². The molecule has 0 radical (unpaired) electrons. The van der Waals surface area contributed by atoms with E-state index in [1.807, 2.05) is 47.0 Å². The molecular weight excluding hydrogens is 462 g/mol. The molecule has 0 spiro atoms. The Morgan fingerprint density at radius 1 is 1.03 bits per heavy atom. The minimum absolute atomic E-state index is 0.0580. The van der Waals surface area contributed by atoms with Crippen molar-refractivity contribution in [2.45, 2.75) is 56.3 Å². The van der Waals surface area contributed by atoms with Crippen molar-refractivity contribution in [3.8, 4) is 22.9 Å². The summed E-state index contributed by atoms with van der Waals surface area (Å²) < 4.78 is 15.1. The zero-order valence-electron chi connectivity index (χ0n) is 20.2. The molecule has 4 aromatic rings. The summed E-state index contributed by atoms with van der Waals surface area (Å²) in [6.45, 7) is 0.663. The largest absolute Gasteiger partial charge is 0.493 e. The number of hydrogen-bond donors (Lipinski definition) is 1. The molecule has 1 fully saturated rings.